The van der Waals surface area contributed by atoms with E-state index in [2.05, 4.69) is 22.7 Å². The minimum absolute atomic E-state index is 0.280. The number of nitriles is 1. The van der Waals surface area contributed by atoms with Crippen LogP contribution in [0.3, 0.4) is 0 Å². The molecule has 0 amide bonds. The number of rotatable bonds is 5. The van der Waals surface area contributed by atoms with E-state index in [4.69, 9.17) is 9.68 Å². The smallest absolute Gasteiger partial charge is 0.127 e. The van der Waals surface area contributed by atoms with Gasteiger partial charge in [-0.25, -0.2) is 0 Å². The first-order valence-electron chi connectivity index (χ1n) is 5.86. The van der Waals surface area contributed by atoms with Gasteiger partial charge < -0.3 is 9.73 Å². The second-order valence-corrected chi connectivity index (χ2v) is 5.02. The summed E-state index contributed by atoms with van der Waals surface area (Å²) in [5, 5.41) is 13.2. The summed E-state index contributed by atoms with van der Waals surface area (Å²) < 4.78 is 9.48. The van der Waals surface area contributed by atoms with Crippen LogP contribution in [-0.2, 0) is 6.42 Å². The maximum atomic E-state index is 9.04. The van der Waals surface area contributed by atoms with E-state index in [1.807, 2.05) is 19.1 Å². The van der Waals surface area contributed by atoms with Crippen molar-refractivity contribution >= 4 is 16.5 Å². The third-order valence-corrected chi connectivity index (χ3v) is 3.63. The zero-order chi connectivity index (χ0) is 13.0. The standard InChI is InChI=1S/C13H15N3OS/c1-9(5-6-11-4-3-7-17-11)15-13-12(8-14)10(2)16-18-13/h3-4,7,9,15H,5-6H2,1-2H3. The molecule has 0 aliphatic carbocycles. The summed E-state index contributed by atoms with van der Waals surface area (Å²) in [6, 6.07) is 6.34. The molecule has 94 valence electrons. The molecule has 0 bridgehead atoms. The van der Waals surface area contributed by atoms with Crippen LogP contribution in [0.2, 0.25) is 0 Å². The molecule has 0 aliphatic rings. The van der Waals surface area contributed by atoms with Gasteiger partial charge in [0.1, 0.15) is 22.4 Å². The fraction of sp³-hybridized carbons (Fsp3) is 0.385. The van der Waals surface area contributed by atoms with E-state index in [-0.39, 0.29) is 6.04 Å². The molecule has 1 N–H and O–H groups in total. The molecule has 0 saturated heterocycles. The third kappa shape index (κ3) is 2.90. The van der Waals surface area contributed by atoms with E-state index in [1.54, 1.807) is 6.26 Å². The van der Waals surface area contributed by atoms with Gasteiger partial charge in [-0.2, -0.15) is 9.64 Å². The number of furan rings is 1. The van der Waals surface area contributed by atoms with E-state index in [0.717, 1.165) is 29.3 Å². The Morgan fingerprint density at radius 2 is 2.44 bits per heavy atom. The summed E-state index contributed by atoms with van der Waals surface area (Å²) in [6.07, 6.45) is 3.53. The molecule has 0 aliphatic heterocycles. The minimum atomic E-state index is 0.280. The number of hydrogen-bond donors (Lipinski definition) is 1. The van der Waals surface area contributed by atoms with Gasteiger partial charge in [-0.15, -0.1) is 0 Å². The van der Waals surface area contributed by atoms with Gasteiger partial charge in [0.05, 0.1) is 12.0 Å². The number of aromatic nitrogens is 1. The van der Waals surface area contributed by atoms with Gasteiger partial charge in [0.25, 0.3) is 0 Å². The van der Waals surface area contributed by atoms with Gasteiger partial charge in [0.2, 0.25) is 0 Å². The van der Waals surface area contributed by atoms with Gasteiger partial charge in [-0.05, 0) is 43.9 Å². The van der Waals surface area contributed by atoms with Crippen molar-refractivity contribution < 1.29 is 4.42 Å². The van der Waals surface area contributed by atoms with E-state index in [9.17, 15) is 0 Å². The highest BCUT2D eigenvalue weighted by molar-refractivity contribution is 7.10. The molecule has 0 aromatic carbocycles. The summed E-state index contributed by atoms with van der Waals surface area (Å²) >= 11 is 1.35. The molecule has 2 heterocycles. The maximum absolute atomic E-state index is 9.04. The molecule has 2 aromatic heterocycles. The third-order valence-electron chi connectivity index (χ3n) is 2.76. The average Bonchev–Trinajstić information content (AvgIpc) is 2.97. The Kier molecular flexibility index (Phi) is 4.00. The summed E-state index contributed by atoms with van der Waals surface area (Å²) in [7, 11) is 0. The number of nitrogens with one attached hydrogen (secondary N) is 1. The Balaban J connectivity index is 1.91. The van der Waals surface area contributed by atoms with E-state index in [1.165, 1.54) is 11.5 Å². The fourth-order valence-corrected chi connectivity index (χ4v) is 2.57. The second kappa shape index (κ2) is 5.69. The molecule has 0 fully saturated rings. The molecule has 4 nitrogen and oxygen atoms in total. The maximum Gasteiger partial charge on any atom is 0.127 e. The van der Waals surface area contributed by atoms with Crippen molar-refractivity contribution in [1.82, 2.24) is 4.37 Å². The first kappa shape index (κ1) is 12.7. The predicted octanol–water partition coefficient (Wildman–Crippen LogP) is 3.35. The molecular weight excluding hydrogens is 246 g/mol. The Hall–Kier alpha value is -1.80. The van der Waals surface area contributed by atoms with Crippen LogP contribution in [0, 0.1) is 18.3 Å². The Morgan fingerprint density at radius 1 is 1.61 bits per heavy atom. The van der Waals surface area contributed by atoms with Crippen LogP contribution in [0.25, 0.3) is 0 Å². The van der Waals surface area contributed by atoms with Gasteiger partial charge in [-0.1, -0.05) is 0 Å². The lowest BCUT2D eigenvalue weighted by molar-refractivity contribution is 0.495. The van der Waals surface area contributed by atoms with Crippen molar-refractivity contribution in [1.29, 1.82) is 5.26 Å². The molecule has 0 saturated carbocycles. The lowest BCUT2D eigenvalue weighted by Gasteiger charge is -2.12. The minimum Gasteiger partial charge on any atom is -0.469 e. The molecule has 0 spiro atoms. The van der Waals surface area contributed by atoms with Gasteiger partial charge in [-0.3, -0.25) is 0 Å². The van der Waals surface area contributed by atoms with Gasteiger partial charge in [0.15, 0.2) is 0 Å². The lowest BCUT2D eigenvalue weighted by Crippen LogP contribution is -2.15. The van der Waals surface area contributed by atoms with Crippen molar-refractivity contribution in [3.8, 4) is 6.07 Å². The molecule has 1 unspecified atom stereocenters. The molecule has 2 rings (SSSR count). The summed E-state index contributed by atoms with van der Waals surface area (Å²) in [5.41, 5.74) is 1.45. The van der Waals surface area contributed by atoms with Gasteiger partial charge >= 0.3 is 0 Å². The first-order chi connectivity index (χ1) is 8.70. The average molecular weight is 261 g/mol. The van der Waals surface area contributed by atoms with Crippen molar-refractivity contribution in [2.75, 3.05) is 5.32 Å². The molecule has 2 aromatic rings. The van der Waals surface area contributed by atoms with Crippen molar-refractivity contribution in [2.45, 2.75) is 32.7 Å². The molecule has 18 heavy (non-hydrogen) atoms. The largest absolute Gasteiger partial charge is 0.469 e. The molecule has 0 radical (unpaired) electrons. The molecule has 1 atom stereocenters. The lowest BCUT2D eigenvalue weighted by atomic mass is 10.1. The summed E-state index contributed by atoms with van der Waals surface area (Å²) in [6.45, 7) is 3.95. The van der Waals surface area contributed by atoms with Crippen LogP contribution in [-0.4, -0.2) is 10.4 Å². The van der Waals surface area contributed by atoms with Crippen LogP contribution in [0.1, 0.15) is 30.4 Å². The fourth-order valence-electron chi connectivity index (χ4n) is 1.71. The van der Waals surface area contributed by atoms with E-state index in [0.29, 0.717) is 5.56 Å². The zero-order valence-corrected chi connectivity index (χ0v) is 11.3. The van der Waals surface area contributed by atoms with Crippen LogP contribution < -0.4 is 5.32 Å². The number of nitrogens with zero attached hydrogens (tertiary/aromatic N) is 2. The number of hydrogen-bond acceptors (Lipinski definition) is 5. The Morgan fingerprint density at radius 3 is 3.11 bits per heavy atom. The van der Waals surface area contributed by atoms with Crippen LogP contribution in [0.5, 0.6) is 0 Å². The quantitative estimate of drug-likeness (QED) is 0.896. The topological polar surface area (TPSA) is 61.9 Å². The Labute approximate surface area is 110 Å². The summed E-state index contributed by atoms with van der Waals surface area (Å²) in [4.78, 5) is 0. The highest BCUT2D eigenvalue weighted by atomic mass is 32.1. The Bertz CT molecular complexity index is 539. The van der Waals surface area contributed by atoms with Crippen molar-refractivity contribution in [2.24, 2.45) is 0 Å². The number of aryl methyl sites for hydroxylation is 2. The van der Waals surface area contributed by atoms with Crippen LogP contribution in [0.4, 0.5) is 5.00 Å². The zero-order valence-electron chi connectivity index (χ0n) is 10.4. The van der Waals surface area contributed by atoms with E-state index >= 15 is 0 Å². The first-order valence-corrected chi connectivity index (χ1v) is 6.63. The van der Waals surface area contributed by atoms with Crippen LogP contribution in [0.15, 0.2) is 22.8 Å². The highest BCUT2D eigenvalue weighted by Crippen LogP contribution is 2.24. The predicted molar refractivity (Wildman–Crippen MR) is 71.7 cm³/mol. The SMILES string of the molecule is Cc1nsc(NC(C)CCc2ccco2)c1C#N. The highest BCUT2D eigenvalue weighted by Gasteiger charge is 2.12. The van der Waals surface area contributed by atoms with Gasteiger partial charge in [0, 0.05) is 12.5 Å². The van der Waals surface area contributed by atoms with Crippen LogP contribution >= 0.6 is 11.5 Å². The summed E-state index contributed by atoms with van der Waals surface area (Å²) in [5.74, 6) is 0.990. The second-order valence-electron chi connectivity index (χ2n) is 4.25. The normalized spacial score (nSPS) is 12.1. The number of anilines is 1. The van der Waals surface area contributed by atoms with Crippen molar-refractivity contribution in [3.05, 3.63) is 35.4 Å². The van der Waals surface area contributed by atoms with Crippen molar-refractivity contribution in [3.63, 3.8) is 0 Å². The van der Waals surface area contributed by atoms with E-state index < -0.39 is 0 Å². The monoisotopic (exact) mass is 261 g/mol. The molecular formula is C13H15N3OS. The molecule has 5 heteroatoms.